The number of carbonyl (C=O) groups is 1. The fraction of sp³-hybridized carbons (Fsp3) is 0.526. The van der Waals surface area contributed by atoms with Gasteiger partial charge in [-0.2, -0.15) is 0 Å². The smallest absolute Gasteiger partial charge is 0.340 e. The molecule has 1 saturated heterocycles. The lowest BCUT2D eigenvalue weighted by molar-refractivity contribution is -0.166. The highest BCUT2D eigenvalue weighted by atomic mass is 19.1. The lowest BCUT2D eigenvalue weighted by Gasteiger charge is -2.41. The summed E-state index contributed by atoms with van der Waals surface area (Å²) in [7, 11) is 0. The van der Waals surface area contributed by atoms with Crippen molar-refractivity contribution in [3.63, 3.8) is 0 Å². The molecule has 0 spiro atoms. The van der Waals surface area contributed by atoms with Crippen molar-refractivity contribution in [2.45, 2.75) is 86.4 Å². The first-order valence-electron chi connectivity index (χ1n) is 16.5. The standard InChI is InChI=1S/C38H52FN3O4/c1-9-45-36(44)35(46-37(4,5)6)33-27(3)40-26(2)32(34(33)42-22-19-38(7,8)20-23-42)29-12-16-31(17-13-29)41(24-25-43)21-18-28-10-14-30(39)15-11-28/h10-17,35,43H,9,18-25H2,1-8H3/t35-/m0/s1. The summed E-state index contributed by atoms with van der Waals surface area (Å²) in [5.41, 5.74) is 7.04. The van der Waals surface area contributed by atoms with E-state index in [4.69, 9.17) is 14.5 Å². The Labute approximate surface area is 274 Å². The molecule has 1 aliphatic rings. The number of aliphatic hydroxyl groups is 1. The number of rotatable bonds is 12. The maximum atomic E-state index is 13.6. The van der Waals surface area contributed by atoms with Crippen LogP contribution in [0.3, 0.4) is 0 Å². The Kier molecular flexibility index (Phi) is 11.5. The van der Waals surface area contributed by atoms with E-state index in [1.807, 2.05) is 41.5 Å². The molecule has 46 heavy (non-hydrogen) atoms. The van der Waals surface area contributed by atoms with Gasteiger partial charge in [-0.3, -0.25) is 4.98 Å². The molecule has 1 fully saturated rings. The second-order valence-electron chi connectivity index (χ2n) is 14.1. The van der Waals surface area contributed by atoms with Crippen LogP contribution in [0.25, 0.3) is 11.1 Å². The third-order valence-corrected chi connectivity index (χ3v) is 8.72. The lowest BCUT2D eigenvalue weighted by atomic mass is 9.81. The number of halogens is 1. The summed E-state index contributed by atoms with van der Waals surface area (Å²) >= 11 is 0. The molecule has 0 aliphatic carbocycles. The van der Waals surface area contributed by atoms with Crippen LogP contribution < -0.4 is 9.80 Å². The zero-order valence-electron chi connectivity index (χ0n) is 29.0. The van der Waals surface area contributed by atoms with Crippen molar-refractivity contribution in [2.24, 2.45) is 5.41 Å². The molecule has 7 nitrogen and oxygen atoms in total. The Balaban J connectivity index is 1.80. The van der Waals surface area contributed by atoms with Crippen molar-refractivity contribution in [1.82, 2.24) is 4.98 Å². The molecule has 1 N–H and O–H groups in total. The number of carbonyl (C=O) groups excluding carboxylic acids is 1. The van der Waals surface area contributed by atoms with E-state index in [0.29, 0.717) is 13.1 Å². The molecule has 2 heterocycles. The first-order valence-corrected chi connectivity index (χ1v) is 16.5. The topological polar surface area (TPSA) is 75.1 Å². The van der Waals surface area contributed by atoms with Gasteiger partial charge in [-0.25, -0.2) is 9.18 Å². The van der Waals surface area contributed by atoms with E-state index in [0.717, 1.165) is 77.4 Å². The normalized spacial score (nSPS) is 15.5. The molecular weight excluding hydrogens is 581 g/mol. The number of piperidine rings is 1. The van der Waals surface area contributed by atoms with Gasteiger partial charge in [0.15, 0.2) is 6.10 Å². The van der Waals surface area contributed by atoms with Crippen molar-refractivity contribution >= 4 is 17.3 Å². The van der Waals surface area contributed by atoms with E-state index in [1.165, 1.54) is 12.1 Å². The van der Waals surface area contributed by atoms with Crippen molar-refractivity contribution in [1.29, 1.82) is 0 Å². The van der Waals surface area contributed by atoms with Crippen LogP contribution in [-0.2, 0) is 20.7 Å². The predicted molar refractivity (Wildman–Crippen MR) is 184 cm³/mol. The van der Waals surface area contributed by atoms with Gasteiger partial charge in [0.2, 0.25) is 0 Å². The van der Waals surface area contributed by atoms with Crippen LogP contribution in [-0.4, -0.2) is 61.1 Å². The third-order valence-electron chi connectivity index (χ3n) is 8.72. The Morgan fingerprint density at radius 3 is 2.22 bits per heavy atom. The molecule has 0 unspecified atom stereocenters. The van der Waals surface area contributed by atoms with E-state index in [9.17, 15) is 14.3 Å². The Bertz CT molecular complexity index is 1460. The summed E-state index contributed by atoms with van der Waals surface area (Å²) in [6.07, 6.45) is 1.85. The highest BCUT2D eigenvalue weighted by Gasteiger charge is 2.37. The number of pyridine rings is 1. The number of aromatic nitrogens is 1. The molecule has 1 aliphatic heterocycles. The van der Waals surface area contributed by atoms with Gasteiger partial charge >= 0.3 is 5.97 Å². The first-order chi connectivity index (χ1) is 21.7. The monoisotopic (exact) mass is 633 g/mol. The van der Waals surface area contributed by atoms with Crippen molar-refractivity contribution in [3.05, 3.63) is 76.9 Å². The Morgan fingerprint density at radius 2 is 1.65 bits per heavy atom. The lowest BCUT2D eigenvalue weighted by Crippen LogP contribution is -2.39. The minimum Gasteiger partial charge on any atom is -0.464 e. The molecule has 8 heteroatoms. The van der Waals surface area contributed by atoms with Crippen LogP contribution in [0.15, 0.2) is 48.5 Å². The van der Waals surface area contributed by atoms with Gasteiger partial charge < -0.3 is 24.4 Å². The predicted octanol–water partition coefficient (Wildman–Crippen LogP) is 7.59. The van der Waals surface area contributed by atoms with E-state index in [1.54, 1.807) is 12.1 Å². The molecule has 250 valence electrons. The van der Waals surface area contributed by atoms with Crippen LogP contribution in [0.4, 0.5) is 15.8 Å². The number of benzene rings is 2. The van der Waals surface area contributed by atoms with Crippen LogP contribution >= 0.6 is 0 Å². The van der Waals surface area contributed by atoms with Crippen LogP contribution in [0, 0.1) is 25.1 Å². The molecule has 0 bridgehead atoms. The Hall–Kier alpha value is -3.49. The molecule has 3 aromatic rings. The third kappa shape index (κ3) is 8.85. The van der Waals surface area contributed by atoms with Gasteiger partial charge in [0.05, 0.1) is 24.5 Å². The van der Waals surface area contributed by atoms with E-state index in [2.05, 4.69) is 47.9 Å². The summed E-state index contributed by atoms with van der Waals surface area (Å²) in [6, 6.07) is 14.9. The fourth-order valence-electron chi connectivity index (χ4n) is 6.21. The van der Waals surface area contributed by atoms with Gasteiger partial charge in [0.25, 0.3) is 0 Å². The molecule has 0 amide bonds. The maximum absolute atomic E-state index is 13.6. The minimum atomic E-state index is -0.928. The van der Waals surface area contributed by atoms with Gasteiger partial charge in [-0.15, -0.1) is 0 Å². The van der Waals surface area contributed by atoms with Gasteiger partial charge in [-0.1, -0.05) is 38.1 Å². The van der Waals surface area contributed by atoms with Crippen LogP contribution in [0.2, 0.25) is 0 Å². The molecule has 2 aromatic carbocycles. The molecule has 4 rings (SSSR count). The SMILES string of the molecule is CCOC(=O)[C@@H](OC(C)(C)C)c1c(C)nc(C)c(-c2ccc(N(CCO)CCc3ccc(F)cc3)cc2)c1N1CCC(C)(C)CC1. The molecule has 1 aromatic heterocycles. The maximum Gasteiger partial charge on any atom is 0.340 e. The van der Waals surface area contributed by atoms with E-state index < -0.39 is 17.7 Å². The highest BCUT2D eigenvalue weighted by Crippen LogP contribution is 2.45. The molecule has 0 radical (unpaired) electrons. The van der Waals surface area contributed by atoms with Gasteiger partial charge in [0, 0.05) is 54.4 Å². The van der Waals surface area contributed by atoms with E-state index in [-0.39, 0.29) is 24.4 Å². The van der Waals surface area contributed by atoms with Crippen LogP contribution in [0.5, 0.6) is 0 Å². The molecule has 1 atom stereocenters. The summed E-state index contributed by atoms with van der Waals surface area (Å²) < 4.78 is 25.5. The van der Waals surface area contributed by atoms with E-state index >= 15 is 0 Å². The summed E-state index contributed by atoms with van der Waals surface area (Å²) in [4.78, 5) is 23.1. The minimum absolute atomic E-state index is 0.0218. The number of ether oxygens (including phenoxy) is 2. The summed E-state index contributed by atoms with van der Waals surface area (Å²) in [6.45, 7) is 19.4. The largest absolute Gasteiger partial charge is 0.464 e. The highest BCUT2D eigenvalue weighted by molar-refractivity contribution is 5.88. The number of nitrogens with zero attached hydrogens (tertiary/aromatic N) is 3. The quantitative estimate of drug-likeness (QED) is 0.206. The van der Waals surface area contributed by atoms with Gasteiger partial charge in [0.1, 0.15) is 5.82 Å². The first kappa shape index (κ1) is 35.4. The second-order valence-corrected chi connectivity index (χ2v) is 14.1. The van der Waals surface area contributed by atoms with Crippen molar-refractivity contribution in [2.75, 3.05) is 49.2 Å². The molecular formula is C38H52FN3O4. The number of aliphatic hydroxyl groups excluding tert-OH is 1. The average Bonchev–Trinajstić information content (AvgIpc) is 2.99. The summed E-state index contributed by atoms with van der Waals surface area (Å²) in [5.74, 6) is -0.659. The average molecular weight is 634 g/mol. The Morgan fingerprint density at radius 1 is 1.02 bits per heavy atom. The van der Waals surface area contributed by atoms with Crippen molar-refractivity contribution in [3.8, 4) is 11.1 Å². The van der Waals surface area contributed by atoms with Gasteiger partial charge in [-0.05, 0) is 102 Å². The number of esters is 1. The van der Waals surface area contributed by atoms with Crippen molar-refractivity contribution < 1.29 is 23.8 Å². The molecule has 0 saturated carbocycles. The summed E-state index contributed by atoms with van der Waals surface area (Å²) in [5, 5.41) is 9.84. The number of anilines is 2. The second kappa shape index (κ2) is 14.9. The number of hydrogen-bond donors (Lipinski definition) is 1. The fourth-order valence-corrected chi connectivity index (χ4v) is 6.21. The van der Waals surface area contributed by atoms with Crippen LogP contribution in [0.1, 0.15) is 83.0 Å². The number of hydrogen-bond acceptors (Lipinski definition) is 7. The zero-order chi connectivity index (χ0) is 33.6. The number of aryl methyl sites for hydroxylation is 2. The zero-order valence-corrected chi connectivity index (χ0v) is 29.0.